The van der Waals surface area contributed by atoms with Crippen molar-refractivity contribution in [1.82, 2.24) is 0 Å². The Balaban J connectivity index is 0. The molecule has 10 heteroatoms. The van der Waals surface area contributed by atoms with Gasteiger partial charge in [0.25, 0.3) is 0 Å². The van der Waals surface area contributed by atoms with Crippen molar-refractivity contribution in [3.05, 3.63) is 12.7 Å². The maximum Gasteiger partial charge on any atom is 0.336 e. The number of hydrogen-bond acceptors (Lipinski definition) is 7. The molecule has 0 amide bonds. The van der Waals surface area contributed by atoms with Gasteiger partial charge in [-0.2, -0.15) is 0 Å². The molecule has 0 aliphatic carbocycles. The maximum atomic E-state index is 10.3. The average molecular weight is 308 g/mol. The molecule has 0 spiro atoms. The van der Waals surface area contributed by atoms with Crippen LogP contribution in [0.1, 0.15) is 12.8 Å². The maximum absolute atomic E-state index is 10.3. The lowest BCUT2D eigenvalue weighted by atomic mass is 9.96. The second-order valence-corrected chi connectivity index (χ2v) is 3.57. The van der Waals surface area contributed by atoms with E-state index in [0.29, 0.717) is 0 Å². The molecule has 0 aromatic carbocycles. The molecule has 0 bridgehead atoms. The van der Waals surface area contributed by atoms with Crippen molar-refractivity contribution in [1.29, 1.82) is 0 Å². The van der Waals surface area contributed by atoms with Crippen LogP contribution in [0, 0.1) is 0 Å². The number of aliphatic hydroxyl groups excluding tert-OH is 1. The van der Waals surface area contributed by atoms with Gasteiger partial charge in [-0.3, -0.25) is 9.59 Å². The van der Waals surface area contributed by atoms with Gasteiger partial charge in [-0.25, -0.2) is 9.59 Å². The summed E-state index contributed by atoms with van der Waals surface area (Å²) in [6, 6.07) is 0. The fourth-order valence-electron chi connectivity index (χ4n) is 0.919. The number of aliphatic hydroxyl groups is 2. The Kier molecular flexibility index (Phi) is 10.3. The summed E-state index contributed by atoms with van der Waals surface area (Å²) in [5.41, 5.74) is -2.74. The summed E-state index contributed by atoms with van der Waals surface area (Å²) in [6.45, 7) is 3.06. The van der Waals surface area contributed by atoms with Gasteiger partial charge >= 0.3 is 23.9 Å². The SMILES string of the molecule is C=CC(=O)OCCO.O=C(O)CC(O)(CC(=O)O)C(=O)O. The van der Waals surface area contributed by atoms with Crippen molar-refractivity contribution >= 4 is 23.9 Å². The number of carboxylic acid groups (broad SMARTS) is 3. The predicted octanol–water partition coefficient (Wildman–Crippen LogP) is -1.54. The molecule has 5 N–H and O–H groups in total. The van der Waals surface area contributed by atoms with E-state index >= 15 is 0 Å². The highest BCUT2D eigenvalue weighted by Gasteiger charge is 2.40. The average Bonchev–Trinajstić information content (AvgIpc) is 2.34. The zero-order valence-corrected chi connectivity index (χ0v) is 10.9. The molecule has 0 fully saturated rings. The minimum Gasteiger partial charge on any atom is -0.481 e. The van der Waals surface area contributed by atoms with E-state index in [0.717, 1.165) is 6.08 Å². The fraction of sp³-hybridized carbons (Fsp3) is 0.455. The summed E-state index contributed by atoms with van der Waals surface area (Å²) in [5, 5.41) is 41.9. The van der Waals surface area contributed by atoms with Crippen LogP contribution in [0.3, 0.4) is 0 Å². The van der Waals surface area contributed by atoms with Gasteiger partial charge in [-0.05, 0) is 0 Å². The smallest absolute Gasteiger partial charge is 0.336 e. The Morgan fingerprint density at radius 2 is 1.48 bits per heavy atom. The van der Waals surface area contributed by atoms with Crippen LogP contribution in [0.25, 0.3) is 0 Å². The molecule has 120 valence electrons. The van der Waals surface area contributed by atoms with Gasteiger partial charge in [0.15, 0.2) is 5.60 Å². The second kappa shape index (κ2) is 10.3. The molecule has 10 nitrogen and oxygen atoms in total. The third-order valence-corrected chi connectivity index (χ3v) is 1.79. The van der Waals surface area contributed by atoms with E-state index in [1.165, 1.54) is 0 Å². The van der Waals surface area contributed by atoms with E-state index in [4.69, 9.17) is 25.5 Å². The van der Waals surface area contributed by atoms with Crippen LogP contribution in [0.5, 0.6) is 0 Å². The second-order valence-electron chi connectivity index (χ2n) is 3.57. The summed E-state index contributed by atoms with van der Waals surface area (Å²) < 4.78 is 4.33. The molecular weight excluding hydrogens is 292 g/mol. The van der Waals surface area contributed by atoms with Crippen molar-refractivity contribution < 1.29 is 49.4 Å². The number of carboxylic acids is 3. The highest BCUT2D eigenvalue weighted by Crippen LogP contribution is 2.15. The summed E-state index contributed by atoms with van der Waals surface area (Å²) in [7, 11) is 0. The van der Waals surface area contributed by atoms with Crippen LogP contribution in [0.15, 0.2) is 12.7 Å². The third kappa shape index (κ3) is 11.1. The first-order valence-corrected chi connectivity index (χ1v) is 5.38. The highest BCUT2D eigenvalue weighted by atomic mass is 16.5. The van der Waals surface area contributed by atoms with Crippen LogP contribution >= 0.6 is 0 Å². The highest BCUT2D eigenvalue weighted by molar-refractivity contribution is 5.88. The summed E-state index contributed by atoms with van der Waals surface area (Å²) in [4.78, 5) is 40.6. The minimum atomic E-state index is -2.74. The van der Waals surface area contributed by atoms with E-state index < -0.39 is 42.3 Å². The predicted molar refractivity (Wildman–Crippen MR) is 65.3 cm³/mol. The van der Waals surface area contributed by atoms with E-state index in [1.807, 2.05) is 0 Å². The van der Waals surface area contributed by atoms with Gasteiger partial charge in [-0.1, -0.05) is 6.58 Å². The molecule has 0 rings (SSSR count). The van der Waals surface area contributed by atoms with Gasteiger partial charge in [0.2, 0.25) is 0 Å². The van der Waals surface area contributed by atoms with E-state index in [1.54, 1.807) is 0 Å². The lowest BCUT2D eigenvalue weighted by Gasteiger charge is -2.18. The van der Waals surface area contributed by atoms with Crippen LogP contribution in [0.4, 0.5) is 0 Å². The number of carbonyl (C=O) groups is 4. The zero-order chi connectivity index (χ0) is 17.1. The number of hydrogen-bond donors (Lipinski definition) is 5. The van der Waals surface area contributed by atoms with Crippen LogP contribution in [-0.4, -0.2) is 68.2 Å². The molecule has 0 aliphatic heterocycles. The normalized spacial score (nSPS) is 9.81. The fourth-order valence-corrected chi connectivity index (χ4v) is 0.919. The van der Waals surface area contributed by atoms with Crippen molar-refractivity contribution in [2.24, 2.45) is 0 Å². The molecule has 0 saturated heterocycles. The Morgan fingerprint density at radius 3 is 1.71 bits per heavy atom. The van der Waals surface area contributed by atoms with Crippen molar-refractivity contribution in [2.45, 2.75) is 18.4 Å². The monoisotopic (exact) mass is 308 g/mol. The molecule has 21 heavy (non-hydrogen) atoms. The van der Waals surface area contributed by atoms with Gasteiger partial charge in [0.05, 0.1) is 19.4 Å². The largest absolute Gasteiger partial charge is 0.481 e. The number of aliphatic carboxylic acids is 3. The summed E-state index contributed by atoms with van der Waals surface area (Å²) >= 11 is 0. The van der Waals surface area contributed by atoms with Gasteiger partial charge in [0, 0.05) is 6.08 Å². The van der Waals surface area contributed by atoms with E-state index in [2.05, 4.69) is 11.3 Å². The molecule has 0 aromatic heterocycles. The molecular formula is C11H16O10. The topological polar surface area (TPSA) is 179 Å². The quantitative estimate of drug-likeness (QED) is 0.260. The summed E-state index contributed by atoms with van der Waals surface area (Å²) in [6.07, 6.45) is -1.24. The number of esters is 1. The van der Waals surface area contributed by atoms with Crippen molar-refractivity contribution in [3.8, 4) is 0 Å². The molecule has 0 saturated carbocycles. The first-order chi connectivity index (χ1) is 9.58. The molecule has 0 unspecified atom stereocenters. The number of carbonyl (C=O) groups excluding carboxylic acids is 1. The molecule has 0 aliphatic rings. The number of rotatable bonds is 8. The van der Waals surface area contributed by atoms with Crippen molar-refractivity contribution in [2.75, 3.05) is 13.2 Å². The Labute approximate surface area is 118 Å². The third-order valence-electron chi connectivity index (χ3n) is 1.79. The standard InChI is InChI=1S/C6H8O7.C5H8O3/c7-3(8)1-6(13,5(11)12)2-4(9)10;1-2-5(7)8-4-3-6/h13H,1-2H2,(H,7,8)(H,9,10)(H,11,12);2,6H,1,3-4H2. The van der Waals surface area contributed by atoms with E-state index in [-0.39, 0.29) is 13.2 Å². The summed E-state index contributed by atoms with van der Waals surface area (Å²) in [5.74, 6) is -5.52. The Bertz CT molecular complexity index is 384. The van der Waals surface area contributed by atoms with Crippen LogP contribution < -0.4 is 0 Å². The molecule has 0 atom stereocenters. The Hall–Kier alpha value is -2.46. The molecule has 0 heterocycles. The van der Waals surface area contributed by atoms with E-state index in [9.17, 15) is 19.2 Å². The molecule has 0 aromatic rings. The van der Waals surface area contributed by atoms with Crippen LogP contribution in [-0.2, 0) is 23.9 Å². The van der Waals surface area contributed by atoms with Crippen molar-refractivity contribution in [3.63, 3.8) is 0 Å². The van der Waals surface area contributed by atoms with Gasteiger partial charge < -0.3 is 30.3 Å². The minimum absolute atomic E-state index is 0.0465. The lowest BCUT2D eigenvalue weighted by Crippen LogP contribution is -2.42. The van der Waals surface area contributed by atoms with Crippen LogP contribution in [0.2, 0.25) is 0 Å². The first kappa shape index (κ1) is 20.8. The zero-order valence-electron chi connectivity index (χ0n) is 10.9. The first-order valence-electron chi connectivity index (χ1n) is 5.38. The van der Waals surface area contributed by atoms with Gasteiger partial charge in [-0.15, -0.1) is 0 Å². The molecule has 0 radical (unpaired) electrons. The number of ether oxygens (including phenoxy) is 1. The van der Waals surface area contributed by atoms with Gasteiger partial charge in [0.1, 0.15) is 6.61 Å². The Morgan fingerprint density at radius 1 is 1.05 bits per heavy atom. The lowest BCUT2D eigenvalue weighted by molar-refractivity contribution is -0.170.